The predicted octanol–water partition coefficient (Wildman–Crippen LogP) is 2.02. The maximum absolute atomic E-state index is 12.6. The molecule has 104 valence electrons. The molecule has 1 atom stereocenters. The molecule has 0 bridgehead atoms. The molecular weight excluding hydrogens is 278 g/mol. The van der Waals surface area contributed by atoms with E-state index in [-0.39, 0.29) is 23.0 Å². The Morgan fingerprint density at radius 2 is 2.25 bits per heavy atom. The van der Waals surface area contributed by atoms with Crippen LogP contribution >= 0.6 is 0 Å². The van der Waals surface area contributed by atoms with Gasteiger partial charge in [0.05, 0.1) is 10.5 Å². The van der Waals surface area contributed by atoms with Gasteiger partial charge in [0.15, 0.2) is 0 Å². The van der Waals surface area contributed by atoms with Crippen molar-refractivity contribution in [1.82, 2.24) is 4.31 Å². The van der Waals surface area contributed by atoms with E-state index in [1.807, 2.05) is 6.07 Å². The fourth-order valence-electron chi connectivity index (χ4n) is 2.35. The van der Waals surface area contributed by atoms with Gasteiger partial charge >= 0.3 is 0 Å². The van der Waals surface area contributed by atoms with Gasteiger partial charge in [0.2, 0.25) is 10.0 Å². The van der Waals surface area contributed by atoms with Crippen LogP contribution in [0.4, 0.5) is 0 Å². The van der Waals surface area contributed by atoms with Crippen LogP contribution in [0.5, 0.6) is 0 Å². The average Bonchev–Trinajstić information content (AvgIpc) is 2.94. The highest BCUT2D eigenvalue weighted by atomic mass is 32.2. The number of benzene rings is 1. The van der Waals surface area contributed by atoms with Gasteiger partial charge in [0, 0.05) is 24.0 Å². The maximum Gasteiger partial charge on any atom is 0.244 e. The Morgan fingerprint density at radius 1 is 1.50 bits per heavy atom. The van der Waals surface area contributed by atoms with Gasteiger partial charge < -0.3 is 0 Å². The molecule has 0 amide bonds. The summed E-state index contributed by atoms with van der Waals surface area (Å²) in [6, 6.07) is 7.68. The fourth-order valence-corrected chi connectivity index (χ4v) is 4.18. The summed E-state index contributed by atoms with van der Waals surface area (Å²) in [7, 11) is -3.73. The van der Waals surface area contributed by atoms with Crippen molar-refractivity contribution in [2.75, 3.05) is 13.1 Å². The van der Waals surface area contributed by atoms with E-state index < -0.39 is 10.0 Å². The van der Waals surface area contributed by atoms with Crippen LogP contribution in [0.2, 0.25) is 0 Å². The summed E-state index contributed by atoms with van der Waals surface area (Å²) in [6.07, 6.45) is 1.38. The van der Waals surface area contributed by atoms with Gasteiger partial charge in [-0.3, -0.25) is 0 Å². The topological polar surface area (TPSA) is 110 Å². The van der Waals surface area contributed by atoms with Crippen LogP contribution < -0.4 is 0 Å². The minimum absolute atomic E-state index is 0.00957. The summed E-state index contributed by atoms with van der Waals surface area (Å²) < 4.78 is 26.6. The number of azide groups is 1. The third kappa shape index (κ3) is 2.60. The molecule has 1 aliphatic rings. The van der Waals surface area contributed by atoms with Crippen molar-refractivity contribution < 1.29 is 8.42 Å². The van der Waals surface area contributed by atoms with E-state index in [1.165, 1.54) is 16.4 Å². The van der Waals surface area contributed by atoms with E-state index >= 15 is 0 Å². The fraction of sp³-hybridized carbons (Fsp3) is 0.417. The van der Waals surface area contributed by atoms with E-state index in [0.29, 0.717) is 13.0 Å². The largest absolute Gasteiger partial charge is 0.244 e. The Hall–Kier alpha value is -2.07. The van der Waals surface area contributed by atoms with Gasteiger partial charge in [0.1, 0.15) is 6.07 Å². The average molecular weight is 291 g/mol. The smallest absolute Gasteiger partial charge is 0.207 e. The Bertz CT molecular complexity index is 688. The quantitative estimate of drug-likeness (QED) is 0.480. The molecule has 1 saturated heterocycles. The second kappa shape index (κ2) is 5.92. The van der Waals surface area contributed by atoms with Crippen LogP contribution in [-0.2, 0) is 10.0 Å². The summed E-state index contributed by atoms with van der Waals surface area (Å²) in [5, 5.41) is 12.5. The highest BCUT2D eigenvalue weighted by Crippen LogP contribution is 2.27. The van der Waals surface area contributed by atoms with Crippen molar-refractivity contribution in [2.24, 2.45) is 5.11 Å². The molecule has 1 aromatic rings. The molecule has 0 aliphatic carbocycles. The molecule has 20 heavy (non-hydrogen) atoms. The van der Waals surface area contributed by atoms with E-state index in [9.17, 15) is 8.42 Å². The SMILES string of the molecule is N#Cc1ccccc1S(=O)(=O)N1CCCC1CN=[N+]=[N-]. The number of rotatable bonds is 4. The van der Waals surface area contributed by atoms with Crippen LogP contribution in [-0.4, -0.2) is 31.9 Å². The molecule has 0 spiro atoms. The van der Waals surface area contributed by atoms with Crippen molar-refractivity contribution in [3.8, 4) is 6.07 Å². The first-order chi connectivity index (χ1) is 9.61. The van der Waals surface area contributed by atoms with Crippen LogP contribution in [0.3, 0.4) is 0 Å². The lowest BCUT2D eigenvalue weighted by Gasteiger charge is -2.23. The lowest BCUT2D eigenvalue weighted by molar-refractivity contribution is 0.393. The number of nitriles is 1. The lowest BCUT2D eigenvalue weighted by atomic mass is 10.2. The first kappa shape index (κ1) is 14.3. The predicted molar refractivity (Wildman–Crippen MR) is 72.1 cm³/mol. The molecule has 1 unspecified atom stereocenters. The first-order valence-electron chi connectivity index (χ1n) is 6.13. The molecule has 8 heteroatoms. The minimum Gasteiger partial charge on any atom is -0.207 e. The first-order valence-corrected chi connectivity index (χ1v) is 7.57. The van der Waals surface area contributed by atoms with Crippen molar-refractivity contribution in [3.63, 3.8) is 0 Å². The molecule has 1 fully saturated rings. The van der Waals surface area contributed by atoms with Crippen molar-refractivity contribution in [2.45, 2.75) is 23.8 Å². The van der Waals surface area contributed by atoms with Crippen LogP contribution in [0.15, 0.2) is 34.3 Å². The van der Waals surface area contributed by atoms with Crippen LogP contribution in [0.25, 0.3) is 10.4 Å². The number of nitrogens with zero attached hydrogens (tertiary/aromatic N) is 5. The Kier molecular flexibility index (Phi) is 4.25. The molecule has 2 rings (SSSR count). The van der Waals surface area contributed by atoms with E-state index in [1.54, 1.807) is 12.1 Å². The zero-order valence-electron chi connectivity index (χ0n) is 10.7. The number of hydrogen-bond donors (Lipinski definition) is 0. The van der Waals surface area contributed by atoms with Gasteiger partial charge in [-0.15, -0.1) is 0 Å². The third-order valence-corrected chi connectivity index (χ3v) is 5.28. The summed E-state index contributed by atoms with van der Waals surface area (Å²) in [4.78, 5) is 2.68. The molecule has 0 radical (unpaired) electrons. The molecular formula is C12H13N5O2S. The zero-order valence-corrected chi connectivity index (χ0v) is 11.5. The highest BCUT2D eigenvalue weighted by molar-refractivity contribution is 7.89. The Morgan fingerprint density at radius 3 is 2.95 bits per heavy atom. The number of sulfonamides is 1. The summed E-state index contributed by atoms with van der Waals surface area (Å²) in [5.74, 6) is 0. The molecule has 1 heterocycles. The van der Waals surface area contributed by atoms with E-state index in [0.717, 1.165) is 6.42 Å². The minimum atomic E-state index is -3.73. The summed E-state index contributed by atoms with van der Waals surface area (Å²) in [6.45, 7) is 0.498. The van der Waals surface area contributed by atoms with Gasteiger partial charge in [-0.05, 0) is 30.5 Å². The summed E-state index contributed by atoms with van der Waals surface area (Å²) in [5.41, 5.74) is 8.49. The van der Waals surface area contributed by atoms with Gasteiger partial charge in [-0.25, -0.2) is 8.42 Å². The van der Waals surface area contributed by atoms with Crippen LogP contribution in [0, 0.1) is 11.3 Å². The molecule has 7 nitrogen and oxygen atoms in total. The normalized spacial score (nSPS) is 19.2. The molecule has 1 aliphatic heterocycles. The molecule has 1 aromatic carbocycles. The van der Waals surface area contributed by atoms with E-state index in [2.05, 4.69) is 10.0 Å². The molecule has 0 saturated carbocycles. The Labute approximate surface area is 117 Å². The van der Waals surface area contributed by atoms with Crippen molar-refractivity contribution >= 4 is 10.0 Å². The molecule has 0 N–H and O–H groups in total. The zero-order chi connectivity index (χ0) is 14.6. The monoisotopic (exact) mass is 291 g/mol. The summed E-state index contributed by atoms with van der Waals surface area (Å²) >= 11 is 0. The van der Waals surface area contributed by atoms with Crippen molar-refractivity contribution in [3.05, 3.63) is 40.3 Å². The molecule has 0 aromatic heterocycles. The van der Waals surface area contributed by atoms with Crippen LogP contribution in [0.1, 0.15) is 18.4 Å². The second-order valence-corrected chi connectivity index (χ2v) is 6.29. The second-order valence-electron chi connectivity index (χ2n) is 4.43. The van der Waals surface area contributed by atoms with E-state index in [4.69, 9.17) is 10.8 Å². The van der Waals surface area contributed by atoms with Gasteiger partial charge in [-0.2, -0.15) is 9.57 Å². The van der Waals surface area contributed by atoms with Crippen molar-refractivity contribution in [1.29, 1.82) is 5.26 Å². The third-order valence-electron chi connectivity index (χ3n) is 3.27. The van der Waals surface area contributed by atoms with Gasteiger partial charge in [0.25, 0.3) is 0 Å². The lowest BCUT2D eigenvalue weighted by Crippen LogP contribution is -2.37. The highest BCUT2D eigenvalue weighted by Gasteiger charge is 2.35. The van der Waals surface area contributed by atoms with Gasteiger partial charge in [-0.1, -0.05) is 17.2 Å². The standard InChI is InChI=1S/C12H13N5O2S/c13-8-10-4-1-2-6-12(10)20(18,19)17-7-3-5-11(17)9-15-16-14/h1-2,4,6,11H,3,5,7,9H2. The Balaban J connectivity index is 2.39. The maximum atomic E-state index is 12.6. The number of hydrogen-bond acceptors (Lipinski definition) is 4.